The minimum atomic E-state index is -3.11. The molecule has 2 aromatic carbocycles. The van der Waals surface area contributed by atoms with Crippen molar-refractivity contribution in [2.45, 2.75) is 26.4 Å². The number of para-hydroxylation sites is 3. The van der Waals surface area contributed by atoms with Gasteiger partial charge in [-0.3, -0.25) is 4.90 Å². The number of rotatable bonds is 13. The second-order valence-electron chi connectivity index (χ2n) is 10.3. The first kappa shape index (κ1) is 32.7. The number of allylic oxidation sites excluding steroid dienone is 2. The maximum Gasteiger partial charge on any atom is 0.387 e. The van der Waals surface area contributed by atoms with E-state index in [1.807, 2.05) is 24.3 Å². The topological polar surface area (TPSA) is 98.8 Å². The van der Waals surface area contributed by atoms with E-state index in [1.54, 1.807) is 33.1 Å². The van der Waals surface area contributed by atoms with Crippen LogP contribution in [0.25, 0.3) is 0 Å². The molecule has 0 amide bonds. The maximum absolute atomic E-state index is 13.7. The molecule has 0 saturated carbocycles. The van der Waals surface area contributed by atoms with Crippen molar-refractivity contribution in [3.8, 4) is 11.5 Å². The van der Waals surface area contributed by atoms with Crippen molar-refractivity contribution in [1.82, 2.24) is 10.2 Å². The van der Waals surface area contributed by atoms with Crippen LogP contribution in [0.4, 0.5) is 14.5 Å². The summed E-state index contributed by atoms with van der Waals surface area (Å²) < 4.78 is 53.2. The fourth-order valence-corrected chi connectivity index (χ4v) is 5.51. The van der Waals surface area contributed by atoms with Gasteiger partial charge in [0.2, 0.25) is 0 Å². The van der Waals surface area contributed by atoms with Crippen LogP contribution in [-0.2, 0) is 23.8 Å². The molecule has 1 N–H and O–H groups in total. The number of nitrogens with one attached hydrogen (secondary N) is 1. The van der Waals surface area contributed by atoms with Crippen LogP contribution in [0.1, 0.15) is 25.3 Å². The number of ether oxygens (including phenoxy) is 5. The third kappa shape index (κ3) is 7.86. The lowest BCUT2D eigenvalue weighted by molar-refractivity contribution is -0.141. The summed E-state index contributed by atoms with van der Waals surface area (Å²) in [6.45, 7) is 4.06. The van der Waals surface area contributed by atoms with E-state index >= 15 is 0 Å². The number of halogens is 2. The Labute approximate surface area is 256 Å². The maximum atomic E-state index is 13.7. The Morgan fingerprint density at radius 3 is 2.05 bits per heavy atom. The molecule has 1 fully saturated rings. The molecule has 1 saturated heterocycles. The molecule has 4 rings (SSSR count). The van der Waals surface area contributed by atoms with E-state index in [4.69, 9.17) is 23.7 Å². The van der Waals surface area contributed by atoms with Gasteiger partial charge in [-0.2, -0.15) is 8.78 Å². The average Bonchev–Trinajstić information content (AvgIpc) is 3.01. The van der Waals surface area contributed by atoms with E-state index in [2.05, 4.69) is 15.1 Å². The highest BCUT2D eigenvalue weighted by Crippen LogP contribution is 2.43. The summed E-state index contributed by atoms with van der Waals surface area (Å²) in [5.41, 5.74) is 2.31. The normalized spacial score (nSPS) is 17.4. The van der Waals surface area contributed by atoms with Crippen LogP contribution in [0.5, 0.6) is 11.5 Å². The molecule has 12 heteroatoms. The number of nitrogens with zero attached hydrogens (tertiary/aromatic N) is 2. The first-order chi connectivity index (χ1) is 21.2. The Hall–Kier alpha value is -4.16. The number of carbonyl (C=O) groups excluding carboxylic acids is 2. The third-order valence-electron chi connectivity index (χ3n) is 7.61. The van der Waals surface area contributed by atoms with E-state index in [0.717, 1.165) is 37.6 Å². The summed E-state index contributed by atoms with van der Waals surface area (Å²) in [4.78, 5) is 31.4. The average molecular weight is 616 g/mol. The van der Waals surface area contributed by atoms with Crippen molar-refractivity contribution in [3.05, 3.63) is 76.6 Å². The summed E-state index contributed by atoms with van der Waals surface area (Å²) in [7, 11) is 3.13. The lowest BCUT2D eigenvalue weighted by atomic mass is 9.80. The van der Waals surface area contributed by atoms with Crippen molar-refractivity contribution < 1.29 is 42.1 Å². The molecule has 0 bridgehead atoms. The number of hydrogen-bond acceptors (Lipinski definition) is 10. The smallest absolute Gasteiger partial charge is 0.387 e. The molecule has 238 valence electrons. The van der Waals surface area contributed by atoms with Gasteiger partial charge in [-0.05, 0) is 32.0 Å². The number of piperazine rings is 1. The summed E-state index contributed by atoms with van der Waals surface area (Å²) >= 11 is 0. The lowest BCUT2D eigenvalue weighted by Crippen LogP contribution is -2.47. The van der Waals surface area contributed by atoms with Crippen molar-refractivity contribution in [2.75, 3.05) is 71.7 Å². The van der Waals surface area contributed by atoms with Crippen LogP contribution in [0.2, 0.25) is 0 Å². The predicted octanol–water partition coefficient (Wildman–Crippen LogP) is 4.09. The highest BCUT2D eigenvalue weighted by atomic mass is 19.3. The molecule has 1 unspecified atom stereocenters. The van der Waals surface area contributed by atoms with Crippen LogP contribution in [0, 0.1) is 0 Å². The number of esters is 2. The van der Waals surface area contributed by atoms with Gasteiger partial charge in [0.05, 0.1) is 36.5 Å². The van der Waals surface area contributed by atoms with E-state index in [-0.39, 0.29) is 42.3 Å². The third-order valence-corrected chi connectivity index (χ3v) is 7.61. The molecule has 0 aromatic heterocycles. The summed E-state index contributed by atoms with van der Waals surface area (Å²) in [5, 5.41) is 3.07. The fraction of sp³-hybridized carbons (Fsp3) is 0.438. The molecule has 2 aliphatic rings. The van der Waals surface area contributed by atoms with Gasteiger partial charge >= 0.3 is 18.6 Å². The van der Waals surface area contributed by atoms with E-state index in [9.17, 15) is 18.4 Å². The van der Waals surface area contributed by atoms with Gasteiger partial charge < -0.3 is 33.9 Å². The van der Waals surface area contributed by atoms with Gasteiger partial charge in [-0.15, -0.1) is 0 Å². The largest absolute Gasteiger partial charge is 0.495 e. The Morgan fingerprint density at radius 1 is 0.841 bits per heavy atom. The first-order valence-corrected chi connectivity index (χ1v) is 14.4. The minimum absolute atomic E-state index is 0.0270. The summed E-state index contributed by atoms with van der Waals surface area (Å²) in [5.74, 6) is -1.79. The van der Waals surface area contributed by atoms with Gasteiger partial charge in [0.15, 0.2) is 0 Å². The van der Waals surface area contributed by atoms with Gasteiger partial charge in [0.1, 0.15) is 24.7 Å². The van der Waals surface area contributed by atoms with Gasteiger partial charge in [0.25, 0.3) is 0 Å². The number of alkyl halides is 2. The number of methoxy groups -OCH3 is 2. The number of carbonyl (C=O) groups is 2. The number of benzene rings is 2. The fourth-order valence-electron chi connectivity index (χ4n) is 5.51. The zero-order chi connectivity index (χ0) is 31.6. The van der Waals surface area contributed by atoms with E-state index in [0.29, 0.717) is 17.9 Å². The Balaban J connectivity index is 1.49. The second-order valence-corrected chi connectivity index (χ2v) is 10.3. The molecule has 0 radical (unpaired) electrons. The Kier molecular flexibility index (Phi) is 11.6. The molecule has 10 nitrogen and oxygen atoms in total. The number of anilines is 1. The van der Waals surface area contributed by atoms with E-state index < -0.39 is 24.5 Å². The zero-order valence-electron chi connectivity index (χ0n) is 25.4. The van der Waals surface area contributed by atoms with Gasteiger partial charge in [-0.25, -0.2) is 9.59 Å². The Morgan fingerprint density at radius 2 is 1.43 bits per heavy atom. The van der Waals surface area contributed by atoms with Crippen LogP contribution >= 0.6 is 0 Å². The van der Waals surface area contributed by atoms with E-state index in [1.165, 1.54) is 19.2 Å². The molecule has 2 heterocycles. The first-order valence-electron chi connectivity index (χ1n) is 14.4. The molecule has 1 atom stereocenters. The molecule has 2 aromatic rings. The molecule has 0 spiro atoms. The number of hydrogen-bond donors (Lipinski definition) is 1. The van der Waals surface area contributed by atoms with Gasteiger partial charge in [-0.1, -0.05) is 30.3 Å². The highest BCUT2D eigenvalue weighted by Gasteiger charge is 2.39. The van der Waals surface area contributed by atoms with Crippen LogP contribution in [0.15, 0.2) is 71.1 Å². The van der Waals surface area contributed by atoms with Crippen molar-refractivity contribution in [2.24, 2.45) is 0 Å². The monoisotopic (exact) mass is 615 g/mol. The van der Waals surface area contributed by atoms with Gasteiger partial charge in [0, 0.05) is 56.8 Å². The van der Waals surface area contributed by atoms with Crippen LogP contribution < -0.4 is 19.7 Å². The predicted molar refractivity (Wildman–Crippen MR) is 160 cm³/mol. The summed E-state index contributed by atoms with van der Waals surface area (Å²) in [6.07, 6.45) is 0. The van der Waals surface area contributed by atoms with Crippen LogP contribution in [-0.4, -0.2) is 90.2 Å². The second kappa shape index (κ2) is 15.5. The molecular formula is C32H39F2N3O7. The molecule has 0 aliphatic carbocycles. The number of dihydropyridines is 1. The van der Waals surface area contributed by atoms with Crippen molar-refractivity contribution >= 4 is 17.6 Å². The molecular weight excluding hydrogens is 576 g/mol. The van der Waals surface area contributed by atoms with Crippen molar-refractivity contribution in [3.63, 3.8) is 0 Å². The SMILES string of the molecule is COCCOC(=O)C1=C(C)NC(C)=C(C(=O)OCCN2CCN(c3ccccc3OC)CC2)C1c1ccccc1OC(F)F. The Bertz CT molecular complexity index is 1370. The lowest BCUT2D eigenvalue weighted by Gasteiger charge is -2.36. The zero-order valence-corrected chi connectivity index (χ0v) is 25.4. The standard InChI is InChI=1S/C32H39F2N3O7/c1-21-27(30(38)42-18-17-36-13-15-37(16-14-36)24-10-6-8-12-26(24)41-4)29(23-9-5-7-11-25(23)44-32(33)34)28(22(2)35-21)31(39)43-20-19-40-3/h5-12,29,32,35H,13-20H2,1-4H3. The molecule has 2 aliphatic heterocycles. The minimum Gasteiger partial charge on any atom is -0.495 e. The molecule has 44 heavy (non-hydrogen) atoms. The van der Waals surface area contributed by atoms with Crippen molar-refractivity contribution in [1.29, 1.82) is 0 Å². The quantitative estimate of drug-likeness (QED) is 0.262. The summed E-state index contributed by atoms with van der Waals surface area (Å²) in [6, 6.07) is 14.0. The van der Waals surface area contributed by atoms with Crippen LogP contribution in [0.3, 0.4) is 0 Å². The highest BCUT2D eigenvalue weighted by molar-refractivity contribution is 6.00.